The van der Waals surface area contributed by atoms with Crippen LogP contribution in [0.3, 0.4) is 0 Å². The second-order valence-corrected chi connectivity index (χ2v) is 9.32. The number of piperazine rings is 1. The highest BCUT2D eigenvalue weighted by molar-refractivity contribution is 8.03. The van der Waals surface area contributed by atoms with Crippen LogP contribution in [0.1, 0.15) is 20.8 Å². The molecule has 1 aliphatic rings. The van der Waals surface area contributed by atoms with Crippen molar-refractivity contribution in [2.45, 2.75) is 29.9 Å². The molecule has 6 nitrogen and oxygen atoms in total. The molecule has 0 atom stereocenters. The van der Waals surface area contributed by atoms with E-state index in [1.165, 1.54) is 28.8 Å². The minimum Gasteiger partial charge on any atom is -0.465 e. The van der Waals surface area contributed by atoms with Crippen LogP contribution in [0.25, 0.3) is 0 Å². The second-order valence-electron chi connectivity index (χ2n) is 6.49. The Hall–Kier alpha value is -1.80. The van der Waals surface area contributed by atoms with Crippen LogP contribution in [-0.2, 0) is 9.53 Å². The predicted molar refractivity (Wildman–Crippen MR) is 107 cm³/mol. The lowest BCUT2D eigenvalue weighted by Gasteiger charge is -2.35. The number of carbonyl (C=O) groups excluding carboxylic acids is 1. The number of thioether (sulfide) groups is 1. The highest BCUT2D eigenvalue weighted by Gasteiger charge is 2.32. The maximum absolute atomic E-state index is 12.0. The molecule has 26 heavy (non-hydrogen) atoms. The fourth-order valence-electron chi connectivity index (χ4n) is 2.73. The van der Waals surface area contributed by atoms with E-state index in [2.05, 4.69) is 44.3 Å². The minimum absolute atomic E-state index is 0.224. The number of para-hydroxylation sites is 1. The van der Waals surface area contributed by atoms with E-state index >= 15 is 0 Å². The third kappa shape index (κ3) is 4.48. The van der Waals surface area contributed by atoms with Gasteiger partial charge >= 0.3 is 5.97 Å². The molecule has 0 unspecified atom stereocenters. The lowest BCUT2D eigenvalue weighted by molar-refractivity contribution is -0.145. The van der Waals surface area contributed by atoms with Crippen molar-refractivity contribution < 1.29 is 9.53 Å². The van der Waals surface area contributed by atoms with Crippen molar-refractivity contribution in [2.75, 3.05) is 42.6 Å². The van der Waals surface area contributed by atoms with Gasteiger partial charge < -0.3 is 14.5 Å². The smallest absolute Gasteiger partial charge is 0.322 e. The van der Waals surface area contributed by atoms with Gasteiger partial charge in [-0.1, -0.05) is 41.3 Å². The Morgan fingerprint density at radius 1 is 1.15 bits per heavy atom. The number of nitrogens with zero attached hydrogens (tertiary/aromatic N) is 4. The van der Waals surface area contributed by atoms with Crippen LogP contribution >= 0.6 is 23.1 Å². The lowest BCUT2D eigenvalue weighted by Crippen LogP contribution is -2.46. The zero-order valence-corrected chi connectivity index (χ0v) is 17.0. The summed E-state index contributed by atoms with van der Waals surface area (Å²) in [7, 11) is 0. The molecule has 0 amide bonds. The first-order valence-electron chi connectivity index (χ1n) is 8.74. The summed E-state index contributed by atoms with van der Waals surface area (Å²) in [5, 5.41) is 9.51. The Bertz CT molecular complexity index is 728. The molecule has 0 saturated carbocycles. The first-order chi connectivity index (χ1) is 12.5. The van der Waals surface area contributed by atoms with Crippen LogP contribution < -0.4 is 9.80 Å². The van der Waals surface area contributed by atoms with Gasteiger partial charge in [0.05, 0.1) is 6.61 Å². The van der Waals surface area contributed by atoms with Crippen molar-refractivity contribution >= 4 is 39.9 Å². The van der Waals surface area contributed by atoms with Gasteiger partial charge in [-0.3, -0.25) is 4.79 Å². The summed E-state index contributed by atoms with van der Waals surface area (Å²) >= 11 is 2.95. The molecular weight excluding hydrogens is 368 g/mol. The monoisotopic (exact) mass is 392 g/mol. The van der Waals surface area contributed by atoms with Gasteiger partial charge in [0.15, 0.2) is 4.34 Å². The van der Waals surface area contributed by atoms with Crippen molar-refractivity contribution in [3.05, 3.63) is 30.3 Å². The topological polar surface area (TPSA) is 58.6 Å². The maximum Gasteiger partial charge on any atom is 0.322 e. The normalized spacial score (nSPS) is 15.2. The molecule has 2 heterocycles. The maximum atomic E-state index is 12.0. The molecule has 0 N–H and O–H groups in total. The summed E-state index contributed by atoms with van der Waals surface area (Å²) in [6, 6.07) is 10.5. The molecule has 1 aromatic heterocycles. The van der Waals surface area contributed by atoms with Crippen molar-refractivity contribution in [3.8, 4) is 0 Å². The van der Waals surface area contributed by atoms with Gasteiger partial charge in [-0.15, -0.1) is 10.2 Å². The number of hydrogen-bond acceptors (Lipinski definition) is 8. The quantitative estimate of drug-likeness (QED) is 0.552. The minimum atomic E-state index is -0.668. The summed E-state index contributed by atoms with van der Waals surface area (Å²) in [6.07, 6.45) is 0. The number of anilines is 2. The molecule has 2 aromatic rings. The molecule has 1 aromatic carbocycles. The number of benzene rings is 1. The third-order valence-corrected chi connectivity index (χ3v) is 6.39. The van der Waals surface area contributed by atoms with Crippen LogP contribution in [0.15, 0.2) is 34.7 Å². The number of esters is 1. The van der Waals surface area contributed by atoms with Gasteiger partial charge in [0.1, 0.15) is 4.75 Å². The SMILES string of the molecule is CCOC(=O)C(C)(C)Sc1nnc(N2CCN(c3ccccc3)CC2)s1. The molecule has 3 rings (SSSR count). The summed E-state index contributed by atoms with van der Waals surface area (Å²) in [6.45, 7) is 9.66. The fraction of sp³-hybridized carbons (Fsp3) is 0.500. The van der Waals surface area contributed by atoms with Gasteiger partial charge in [-0.05, 0) is 32.9 Å². The van der Waals surface area contributed by atoms with E-state index in [0.717, 1.165) is 35.7 Å². The Morgan fingerprint density at radius 2 is 1.81 bits per heavy atom. The lowest BCUT2D eigenvalue weighted by atomic mass is 10.2. The molecule has 140 valence electrons. The zero-order chi connectivity index (χ0) is 18.6. The molecule has 0 bridgehead atoms. The summed E-state index contributed by atoms with van der Waals surface area (Å²) in [5.41, 5.74) is 1.26. The van der Waals surface area contributed by atoms with Gasteiger partial charge in [0.25, 0.3) is 0 Å². The molecule has 0 spiro atoms. The van der Waals surface area contributed by atoms with E-state index < -0.39 is 4.75 Å². The molecule has 1 saturated heterocycles. The number of hydrogen-bond donors (Lipinski definition) is 0. The average Bonchev–Trinajstić information content (AvgIpc) is 3.10. The van der Waals surface area contributed by atoms with Crippen LogP contribution in [0.4, 0.5) is 10.8 Å². The van der Waals surface area contributed by atoms with Gasteiger partial charge in [0, 0.05) is 31.9 Å². The number of rotatable bonds is 6. The largest absolute Gasteiger partial charge is 0.465 e. The van der Waals surface area contributed by atoms with Crippen molar-refractivity contribution in [2.24, 2.45) is 0 Å². The van der Waals surface area contributed by atoms with Crippen LogP contribution in [0.5, 0.6) is 0 Å². The predicted octanol–water partition coefficient (Wildman–Crippen LogP) is 3.30. The number of carbonyl (C=O) groups is 1. The molecule has 1 aliphatic heterocycles. The molecule has 0 aliphatic carbocycles. The van der Waals surface area contributed by atoms with E-state index in [-0.39, 0.29) is 5.97 Å². The van der Waals surface area contributed by atoms with Crippen LogP contribution in [0.2, 0.25) is 0 Å². The van der Waals surface area contributed by atoms with E-state index in [1.54, 1.807) is 0 Å². The highest BCUT2D eigenvalue weighted by Crippen LogP contribution is 2.37. The zero-order valence-electron chi connectivity index (χ0n) is 15.3. The van der Waals surface area contributed by atoms with Crippen LogP contribution in [0, 0.1) is 0 Å². The number of ether oxygens (including phenoxy) is 1. The molecule has 8 heteroatoms. The van der Waals surface area contributed by atoms with Crippen molar-refractivity contribution in [1.29, 1.82) is 0 Å². The second kappa shape index (κ2) is 8.26. The van der Waals surface area contributed by atoms with E-state index in [0.29, 0.717) is 6.61 Å². The molecule has 1 fully saturated rings. The summed E-state index contributed by atoms with van der Waals surface area (Å²) in [5.74, 6) is -0.224. The Labute approximate surface area is 162 Å². The summed E-state index contributed by atoms with van der Waals surface area (Å²) in [4.78, 5) is 16.7. The fourth-order valence-corrected chi connectivity index (χ4v) is 5.04. The van der Waals surface area contributed by atoms with Crippen LogP contribution in [-0.4, -0.2) is 53.7 Å². The average molecular weight is 393 g/mol. The van der Waals surface area contributed by atoms with E-state index in [9.17, 15) is 4.79 Å². The van der Waals surface area contributed by atoms with Crippen molar-refractivity contribution in [1.82, 2.24) is 10.2 Å². The first-order valence-corrected chi connectivity index (χ1v) is 10.4. The molecule has 0 radical (unpaired) electrons. The van der Waals surface area contributed by atoms with Gasteiger partial charge in [0.2, 0.25) is 5.13 Å². The molecular formula is C18H24N4O2S2. The Morgan fingerprint density at radius 3 is 2.46 bits per heavy atom. The highest BCUT2D eigenvalue weighted by atomic mass is 32.2. The Balaban J connectivity index is 1.58. The van der Waals surface area contributed by atoms with Gasteiger partial charge in [-0.25, -0.2) is 0 Å². The van der Waals surface area contributed by atoms with E-state index in [4.69, 9.17) is 4.74 Å². The van der Waals surface area contributed by atoms with Gasteiger partial charge in [-0.2, -0.15) is 0 Å². The van der Waals surface area contributed by atoms with E-state index in [1.807, 2.05) is 26.8 Å². The first kappa shape index (κ1) is 19.0. The standard InChI is InChI=1S/C18H24N4O2S2/c1-4-24-15(23)18(2,3)26-17-20-19-16(25-17)22-12-10-21(11-13-22)14-8-6-5-7-9-14/h5-9H,4,10-13H2,1-3H3. The third-order valence-electron chi connectivity index (χ3n) is 4.18. The van der Waals surface area contributed by atoms with Crippen molar-refractivity contribution in [3.63, 3.8) is 0 Å². The summed E-state index contributed by atoms with van der Waals surface area (Å²) < 4.78 is 5.26. The Kier molecular flexibility index (Phi) is 6.03. The number of aromatic nitrogens is 2.